The molecular weight excluding hydrogens is 506 g/mol. The average Bonchev–Trinajstić information content (AvgIpc) is 3.38. The van der Waals surface area contributed by atoms with Crippen LogP contribution in [0.2, 0.25) is 5.02 Å². The van der Waals surface area contributed by atoms with Crippen molar-refractivity contribution in [2.24, 2.45) is 0 Å². The van der Waals surface area contributed by atoms with Gasteiger partial charge < -0.3 is 14.4 Å². The quantitative estimate of drug-likeness (QED) is 0.384. The second-order valence-electron chi connectivity index (χ2n) is 10.1. The van der Waals surface area contributed by atoms with E-state index in [1.807, 2.05) is 33.7 Å². The molecule has 3 aromatic rings. The van der Waals surface area contributed by atoms with Crippen molar-refractivity contribution in [1.29, 1.82) is 0 Å². The number of ether oxygens (including phenoxy) is 2. The van der Waals surface area contributed by atoms with E-state index in [1.54, 1.807) is 16.7 Å². The van der Waals surface area contributed by atoms with Gasteiger partial charge in [-0.05, 0) is 18.6 Å². The first-order chi connectivity index (χ1) is 18.5. The number of fused-ring (bicyclic) bond motifs is 1. The number of morpholine rings is 1. The zero-order valence-electron chi connectivity index (χ0n) is 22.0. The summed E-state index contributed by atoms with van der Waals surface area (Å²) in [5.41, 5.74) is 1.44. The Morgan fingerprint density at radius 2 is 1.84 bits per heavy atom. The van der Waals surface area contributed by atoms with E-state index in [0.717, 1.165) is 50.8 Å². The number of benzene rings is 1. The number of piperidine rings is 1. The van der Waals surface area contributed by atoms with Crippen LogP contribution in [0, 0.1) is 0 Å². The molecule has 1 amide bonds. The van der Waals surface area contributed by atoms with Gasteiger partial charge in [0.05, 0.1) is 31.5 Å². The topological polar surface area (TPSA) is 81.3 Å². The highest BCUT2D eigenvalue weighted by molar-refractivity contribution is 6.30. The fraction of sp³-hybridized carbons (Fsp3) is 0.536. The first-order valence-corrected chi connectivity index (χ1v) is 14.0. The number of carbonyl (C=O) groups is 1. The molecule has 0 spiro atoms. The molecule has 2 aliphatic rings. The van der Waals surface area contributed by atoms with Gasteiger partial charge in [-0.25, -0.2) is 4.98 Å². The summed E-state index contributed by atoms with van der Waals surface area (Å²) in [7, 11) is 0. The average molecular weight is 542 g/mol. The fourth-order valence-corrected chi connectivity index (χ4v) is 5.23. The van der Waals surface area contributed by atoms with Crippen molar-refractivity contribution in [2.75, 3.05) is 45.9 Å². The summed E-state index contributed by atoms with van der Waals surface area (Å²) >= 11 is 6.06. The Bertz CT molecular complexity index is 1290. The Balaban J connectivity index is 1.32. The summed E-state index contributed by atoms with van der Waals surface area (Å²) in [4.78, 5) is 34.8. The lowest BCUT2D eigenvalue weighted by Crippen LogP contribution is -2.48. The van der Waals surface area contributed by atoms with Gasteiger partial charge in [-0.1, -0.05) is 43.5 Å². The van der Waals surface area contributed by atoms with E-state index in [0.29, 0.717) is 61.8 Å². The first-order valence-electron chi connectivity index (χ1n) is 13.6. The molecular formula is C28H36ClN5O4. The van der Waals surface area contributed by atoms with Crippen LogP contribution in [0.5, 0.6) is 5.88 Å². The monoisotopic (exact) mass is 541 g/mol. The second kappa shape index (κ2) is 12.3. The van der Waals surface area contributed by atoms with Gasteiger partial charge in [-0.3, -0.25) is 23.5 Å². The molecule has 0 atom stereocenters. The molecule has 38 heavy (non-hydrogen) atoms. The van der Waals surface area contributed by atoms with Crippen LogP contribution in [-0.4, -0.2) is 81.7 Å². The number of amides is 1. The van der Waals surface area contributed by atoms with Crippen molar-refractivity contribution >= 4 is 23.3 Å². The number of carbonyl (C=O) groups excluding carboxylic acids is 1. The Labute approximate surface area is 227 Å². The summed E-state index contributed by atoms with van der Waals surface area (Å²) in [6, 6.07) is 9.02. The van der Waals surface area contributed by atoms with Gasteiger partial charge >= 0.3 is 0 Å². The lowest BCUT2D eigenvalue weighted by Gasteiger charge is -2.34. The molecule has 4 heterocycles. The van der Waals surface area contributed by atoms with Crippen molar-refractivity contribution < 1.29 is 14.3 Å². The normalized spacial score (nSPS) is 17.3. The van der Waals surface area contributed by atoms with E-state index in [4.69, 9.17) is 26.1 Å². The zero-order valence-corrected chi connectivity index (χ0v) is 22.7. The van der Waals surface area contributed by atoms with Crippen LogP contribution < -0.4 is 10.3 Å². The van der Waals surface area contributed by atoms with Crippen LogP contribution in [0.1, 0.15) is 39.0 Å². The maximum atomic E-state index is 13.1. The number of likely N-dealkylation sites (tertiary alicyclic amines) is 1. The molecule has 2 aliphatic heterocycles. The van der Waals surface area contributed by atoms with Crippen LogP contribution in [0.4, 0.5) is 0 Å². The summed E-state index contributed by atoms with van der Waals surface area (Å²) in [5.74, 6) is 1.28. The third kappa shape index (κ3) is 6.22. The Kier molecular flexibility index (Phi) is 8.66. The van der Waals surface area contributed by atoms with Gasteiger partial charge in [0.2, 0.25) is 17.6 Å². The Morgan fingerprint density at radius 1 is 1.11 bits per heavy atom. The van der Waals surface area contributed by atoms with Crippen molar-refractivity contribution in [2.45, 2.75) is 51.7 Å². The number of hydrogen-bond donors (Lipinski definition) is 0. The second-order valence-corrected chi connectivity index (χ2v) is 10.5. The number of aryl methyl sites for hydroxylation is 1. The number of unbranched alkanes of at least 4 members (excludes halogenated alkanes) is 2. The number of nitrogens with zero attached hydrogens (tertiary/aromatic N) is 5. The molecule has 5 rings (SSSR count). The van der Waals surface area contributed by atoms with E-state index in [-0.39, 0.29) is 17.6 Å². The molecule has 10 heteroatoms. The van der Waals surface area contributed by atoms with Crippen LogP contribution in [-0.2, 0) is 16.1 Å². The van der Waals surface area contributed by atoms with Crippen molar-refractivity contribution in [3.05, 3.63) is 51.9 Å². The van der Waals surface area contributed by atoms with Gasteiger partial charge in [0.15, 0.2) is 0 Å². The van der Waals surface area contributed by atoms with Crippen LogP contribution in [0.3, 0.4) is 0 Å². The molecule has 0 radical (unpaired) electrons. The van der Waals surface area contributed by atoms with Gasteiger partial charge in [-0.2, -0.15) is 0 Å². The molecule has 0 N–H and O–H groups in total. The molecule has 2 saturated heterocycles. The predicted octanol–water partition coefficient (Wildman–Crippen LogP) is 3.71. The summed E-state index contributed by atoms with van der Waals surface area (Å²) < 4.78 is 15.4. The minimum Gasteiger partial charge on any atom is -0.475 e. The highest BCUT2D eigenvalue weighted by Crippen LogP contribution is 2.25. The van der Waals surface area contributed by atoms with E-state index >= 15 is 0 Å². The van der Waals surface area contributed by atoms with Gasteiger partial charge in [0.1, 0.15) is 6.10 Å². The minimum absolute atomic E-state index is 0.0626. The number of imidazole rings is 1. The largest absolute Gasteiger partial charge is 0.475 e. The molecule has 0 unspecified atom stereocenters. The third-order valence-electron chi connectivity index (χ3n) is 7.35. The smallest absolute Gasteiger partial charge is 0.262 e. The summed E-state index contributed by atoms with van der Waals surface area (Å²) in [6.07, 6.45) is 6.30. The maximum absolute atomic E-state index is 13.1. The van der Waals surface area contributed by atoms with Gasteiger partial charge in [-0.15, -0.1) is 0 Å². The molecule has 9 nitrogen and oxygen atoms in total. The van der Waals surface area contributed by atoms with E-state index < -0.39 is 0 Å². The Hall–Kier alpha value is -2.88. The van der Waals surface area contributed by atoms with Crippen LogP contribution in [0.25, 0.3) is 17.0 Å². The number of halogens is 1. The molecule has 1 aromatic carbocycles. The van der Waals surface area contributed by atoms with E-state index in [9.17, 15) is 9.59 Å². The summed E-state index contributed by atoms with van der Waals surface area (Å²) in [5, 5.41) is 0.654. The predicted molar refractivity (Wildman–Crippen MR) is 147 cm³/mol. The standard InChI is InChI=1S/C28H36ClN5O4/c1-2-3-4-11-33-27(18-25(35)34-19-24(30-28(33)34)21-5-7-22(29)8-6-21)38-23-9-12-32(13-10-23)26(36)20-31-14-16-37-17-15-31/h5-8,18-19,23H,2-4,9-17,20H2,1H3. The highest BCUT2D eigenvalue weighted by Gasteiger charge is 2.27. The fourth-order valence-electron chi connectivity index (χ4n) is 5.11. The van der Waals surface area contributed by atoms with Gasteiger partial charge in [0, 0.05) is 62.3 Å². The molecule has 2 aromatic heterocycles. The van der Waals surface area contributed by atoms with Crippen LogP contribution in [0.15, 0.2) is 41.3 Å². The SMILES string of the molecule is CCCCCn1c(OC2CCN(C(=O)CN3CCOCC3)CC2)cc(=O)n2cc(-c3ccc(Cl)cc3)nc12. The first kappa shape index (κ1) is 26.7. The van der Waals surface area contributed by atoms with Crippen molar-refractivity contribution in [1.82, 2.24) is 23.8 Å². The highest BCUT2D eigenvalue weighted by atomic mass is 35.5. The minimum atomic E-state index is -0.174. The zero-order chi connectivity index (χ0) is 26.5. The van der Waals surface area contributed by atoms with E-state index in [1.165, 1.54) is 0 Å². The van der Waals surface area contributed by atoms with Crippen molar-refractivity contribution in [3.63, 3.8) is 0 Å². The van der Waals surface area contributed by atoms with E-state index in [2.05, 4.69) is 11.8 Å². The number of aromatic nitrogens is 3. The van der Waals surface area contributed by atoms with Gasteiger partial charge in [0.25, 0.3) is 5.56 Å². The lowest BCUT2D eigenvalue weighted by molar-refractivity contribution is -0.135. The lowest BCUT2D eigenvalue weighted by atomic mass is 10.1. The summed E-state index contributed by atoms with van der Waals surface area (Å²) in [6.45, 7) is 7.60. The molecule has 2 fully saturated rings. The molecule has 0 bridgehead atoms. The number of hydrogen-bond acceptors (Lipinski definition) is 6. The van der Waals surface area contributed by atoms with Crippen molar-refractivity contribution in [3.8, 4) is 17.1 Å². The molecule has 0 aliphatic carbocycles. The molecule has 204 valence electrons. The third-order valence-corrected chi connectivity index (χ3v) is 7.60. The molecule has 0 saturated carbocycles. The van der Waals surface area contributed by atoms with Crippen LogP contribution >= 0.6 is 11.6 Å². The number of rotatable bonds is 9. The maximum Gasteiger partial charge on any atom is 0.262 e. The Morgan fingerprint density at radius 3 is 2.55 bits per heavy atom.